The van der Waals surface area contributed by atoms with Crippen molar-refractivity contribution in [3.8, 4) is 0 Å². The molecule has 2 aliphatic rings. The molecule has 0 aliphatic carbocycles. The second kappa shape index (κ2) is 8.39. The van der Waals surface area contributed by atoms with Gasteiger partial charge < -0.3 is 20.1 Å². The first-order chi connectivity index (χ1) is 12.1. The second-order valence-electron chi connectivity index (χ2n) is 7.27. The van der Waals surface area contributed by atoms with Gasteiger partial charge in [0.1, 0.15) is 0 Å². The maximum Gasteiger partial charge on any atom is 0.317 e. The van der Waals surface area contributed by atoms with Crippen molar-refractivity contribution < 1.29 is 14.6 Å². The van der Waals surface area contributed by atoms with Crippen LogP contribution in [0.3, 0.4) is 0 Å². The summed E-state index contributed by atoms with van der Waals surface area (Å²) in [5.74, 6) is 0.353. The molecule has 2 N–H and O–H groups in total. The van der Waals surface area contributed by atoms with E-state index < -0.39 is 0 Å². The quantitative estimate of drug-likeness (QED) is 0.861. The molecule has 1 aromatic rings. The molecular weight excluding hydrogens is 340 g/mol. The zero-order valence-electron chi connectivity index (χ0n) is 14.5. The summed E-state index contributed by atoms with van der Waals surface area (Å²) in [6.45, 7) is 3.41. The zero-order chi connectivity index (χ0) is 17.7. The van der Waals surface area contributed by atoms with Crippen LogP contribution in [-0.4, -0.2) is 55.5 Å². The van der Waals surface area contributed by atoms with Gasteiger partial charge in [0.25, 0.3) is 0 Å². The van der Waals surface area contributed by atoms with E-state index in [9.17, 15) is 9.90 Å². The molecule has 2 aliphatic heterocycles. The van der Waals surface area contributed by atoms with Crippen LogP contribution in [0.1, 0.15) is 37.2 Å². The fraction of sp³-hybridized carbons (Fsp3) is 0.632. The molecule has 2 heterocycles. The molecule has 0 saturated carbocycles. The Morgan fingerprint density at radius 3 is 2.72 bits per heavy atom. The highest BCUT2D eigenvalue weighted by atomic mass is 35.5. The van der Waals surface area contributed by atoms with Crippen LogP contribution in [0, 0.1) is 5.41 Å². The smallest absolute Gasteiger partial charge is 0.317 e. The Bertz CT molecular complexity index is 573. The molecule has 3 rings (SSSR count). The minimum atomic E-state index is -0.237. The van der Waals surface area contributed by atoms with Gasteiger partial charge in [0.15, 0.2) is 0 Å². The highest BCUT2D eigenvalue weighted by molar-refractivity contribution is 6.30. The molecule has 0 bridgehead atoms. The average molecular weight is 367 g/mol. The molecule has 25 heavy (non-hydrogen) atoms. The standard InChI is InChI=1S/C19H27ClN2O3/c20-17-5-3-15(4-6-17)16-2-1-9-22(12-16)18(24)21-13-19(14-23)7-10-25-11-8-19/h3-6,16,23H,1-2,7-14H2,(H,21,24)/t16-/m0/s1. The van der Waals surface area contributed by atoms with E-state index in [1.807, 2.05) is 17.0 Å². The molecule has 0 radical (unpaired) electrons. The number of benzene rings is 1. The lowest BCUT2D eigenvalue weighted by atomic mass is 9.81. The van der Waals surface area contributed by atoms with Gasteiger partial charge in [-0.15, -0.1) is 0 Å². The van der Waals surface area contributed by atoms with Crippen LogP contribution < -0.4 is 5.32 Å². The lowest BCUT2D eigenvalue weighted by molar-refractivity contribution is -0.0144. The van der Waals surface area contributed by atoms with Gasteiger partial charge in [-0.05, 0) is 43.4 Å². The molecule has 0 unspecified atom stereocenters. The van der Waals surface area contributed by atoms with E-state index in [2.05, 4.69) is 17.4 Å². The van der Waals surface area contributed by atoms with Gasteiger partial charge in [0, 0.05) is 49.2 Å². The molecular formula is C19H27ClN2O3. The summed E-state index contributed by atoms with van der Waals surface area (Å²) < 4.78 is 5.38. The number of hydrogen-bond donors (Lipinski definition) is 2. The number of halogens is 1. The topological polar surface area (TPSA) is 61.8 Å². The zero-order valence-corrected chi connectivity index (χ0v) is 15.3. The second-order valence-corrected chi connectivity index (χ2v) is 7.70. The normalized spacial score (nSPS) is 23.3. The van der Waals surface area contributed by atoms with Crippen molar-refractivity contribution in [2.45, 2.75) is 31.6 Å². The van der Waals surface area contributed by atoms with Crippen LogP contribution >= 0.6 is 11.6 Å². The van der Waals surface area contributed by atoms with Crippen molar-refractivity contribution in [2.24, 2.45) is 5.41 Å². The molecule has 2 saturated heterocycles. The highest BCUT2D eigenvalue weighted by Gasteiger charge is 2.33. The van der Waals surface area contributed by atoms with Crippen LogP contribution in [0.2, 0.25) is 5.02 Å². The molecule has 0 aromatic heterocycles. The number of hydrogen-bond acceptors (Lipinski definition) is 3. The minimum Gasteiger partial charge on any atom is -0.396 e. The van der Waals surface area contributed by atoms with E-state index in [1.54, 1.807) is 0 Å². The molecule has 5 nitrogen and oxygen atoms in total. The van der Waals surface area contributed by atoms with Gasteiger partial charge in [-0.25, -0.2) is 4.79 Å². The number of amides is 2. The van der Waals surface area contributed by atoms with E-state index in [1.165, 1.54) is 5.56 Å². The summed E-state index contributed by atoms with van der Waals surface area (Å²) in [5.41, 5.74) is 0.998. The lowest BCUT2D eigenvalue weighted by Gasteiger charge is -2.37. The molecule has 1 aromatic carbocycles. The van der Waals surface area contributed by atoms with Crippen molar-refractivity contribution in [3.05, 3.63) is 34.9 Å². The highest BCUT2D eigenvalue weighted by Crippen LogP contribution is 2.30. The summed E-state index contributed by atoms with van der Waals surface area (Å²) >= 11 is 5.97. The van der Waals surface area contributed by atoms with Crippen molar-refractivity contribution in [1.29, 1.82) is 0 Å². The van der Waals surface area contributed by atoms with E-state index >= 15 is 0 Å². The third kappa shape index (κ3) is 4.66. The maximum absolute atomic E-state index is 12.6. The van der Waals surface area contributed by atoms with E-state index in [4.69, 9.17) is 16.3 Å². The Kier molecular flexibility index (Phi) is 6.20. The summed E-state index contributed by atoms with van der Waals surface area (Å²) in [6, 6.07) is 7.89. The van der Waals surface area contributed by atoms with Gasteiger partial charge in [0.2, 0.25) is 0 Å². The molecule has 2 amide bonds. The number of nitrogens with one attached hydrogen (secondary N) is 1. The van der Waals surface area contributed by atoms with Crippen molar-refractivity contribution >= 4 is 17.6 Å². The molecule has 1 atom stereocenters. The Labute approximate surface area is 154 Å². The first kappa shape index (κ1) is 18.5. The maximum atomic E-state index is 12.6. The van der Waals surface area contributed by atoms with Gasteiger partial charge in [-0.2, -0.15) is 0 Å². The van der Waals surface area contributed by atoms with Gasteiger partial charge >= 0.3 is 6.03 Å². The summed E-state index contributed by atoms with van der Waals surface area (Å²) in [6.07, 6.45) is 3.66. The number of urea groups is 1. The molecule has 138 valence electrons. The predicted molar refractivity (Wildman–Crippen MR) is 98.0 cm³/mol. The third-order valence-electron chi connectivity index (χ3n) is 5.55. The fourth-order valence-corrected chi connectivity index (χ4v) is 3.86. The van der Waals surface area contributed by atoms with Crippen molar-refractivity contribution in [2.75, 3.05) is 39.5 Å². The van der Waals surface area contributed by atoms with E-state index in [0.717, 1.165) is 43.8 Å². The lowest BCUT2D eigenvalue weighted by Crippen LogP contribution is -2.50. The van der Waals surface area contributed by atoms with Gasteiger partial charge in [-0.1, -0.05) is 23.7 Å². The summed E-state index contributed by atoms with van der Waals surface area (Å²) in [5, 5.41) is 13.5. The van der Waals surface area contributed by atoms with Crippen LogP contribution in [0.4, 0.5) is 4.79 Å². The minimum absolute atomic E-state index is 0.0296. The Morgan fingerprint density at radius 2 is 2.04 bits per heavy atom. The van der Waals surface area contributed by atoms with E-state index in [-0.39, 0.29) is 18.1 Å². The first-order valence-electron chi connectivity index (χ1n) is 9.09. The number of nitrogens with zero attached hydrogens (tertiary/aromatic N) is 1. The van der Waals surface area contributed by atoms with Gasteiger partial charge in [-0.3, -0.25) is 0 Å². The largest absolute Gasteiger partial charge is 0.396 e. The van der Waals surface area contributed by atoms with Crippen LogP contribution in [0.25, 0.3) is 0 Å². The number of aliphatic hydroxyl groups excluding tert-OH is 1. The van der Waals surface area contributed by atoms with Crippen molar-refractivity contribution in [3.63, 3.8) is 0 Å². The van der Waals surface area contributed by atoms with Gasteiger partial charge in [0.05, 0.1) is 6.61 Å². The molecule has 2 fully saturated rings. The Balaban J connectivity index is 1.55. The van der Waals surface area contributed by atoms with Crippen molar-refractivity contribution in [1.82, 2.24) is 10.2 Å². The average Bonchev–Trinajstić information content (AvgIpc) is 2.67. The number of piperidine rings is 1. The number of ether oxygens (including phenoxy) is 1. The Hall–Kier alpha value is -1.30. The third-order valence-corrected chi connectivity index (χ3v) is 5.81. The summed E-state index contributed by atoms with van der Waals surface area (Å²) in [4.78, 5) is 14.5. The van der Waals surface area contributed by atoms with Crippen LogP contribution in [-0.2, 0) is 4.74 Å². The fourth-order valence-electron chi connectivity index (χ4n) is 3.74. The molecule has 0 spiro atoms. The summed E-state index contributed by atoms with van der Waals surface area (Å²) in [7, 11) is 0. The molecule has 6 heteroatoms. The Morgan fingerprint density at radius 1 is 1.32 bits per heavy atom. The number of rotatable bonds is 4. The number of carbonyl (C=O) groups excluding carboxylic acids is 1. The van der Waals surface area contributed by atoms with Crippen LogP contribution in [0.5, 0.6) is 0 Å². The number of likely N-dealkylation sites (tertiary alicyclic amines) is 1. The first-order valence-corrected chi connectivity index (χ1v) is 9.47. The number of aliphatic hydroxyl groups is 1. The predicted octanol–water partition coefficient (Wildman–Crippen LogP) is 3.02. The van der Waals surface area contributed by atoms with E-state index in [0.29, 0.717) is 25.7 Å². The van der Waals surface area contributed by atoms with Crippen LogP contribution in [0.15, 0.2) is 24.3 Å². The SMILES string of the molecule is O=C(NCC1(CO)CCOCC1)N1CCC[C@H](c2ccc(Cl)cc2)C1. The monoisotopic (exact) mass is 366 g/mol. The number of carbonyl (C=O) groups is 1.